The number of rotatable bonds is 7. The Kier molecular flexibility index (Phi) is 26.7. The number of methoxy groups -OCH3 is 1. The zero-order chi connectivity index (χ0) is 26.0. The molecule has 0 aliphatic heterocycles. The highest BCUT2D eigenvalue weighted by Gasteiger charge is 2.04. The van der Waals surface area contributed by atoms with Crippen LogP contribution >= 0.6 is 0 Å². The van der Waals surface area contributed by atoms with Crippen molar-refractivity contribution in [2.75, 3.05) is 27.8 Å². The van der Waals surface area contributed by atoms with Crippen molar-refractivity contribution in [3.05, 3.63) is 71.8 Å². The number of ether oxygens (including phenoxy) is 1. The van der Waals surface area contributed by atoms with Crippen LogP contribution in [0.2, 0.25) is 0 Å². The van der Waals surface area contributed by atoms with Crippen LogP contribution in [-0.4, -0.2) is 63.5 Å². The van der Waals surface area contributed by atoms with Crippen LogP contribution in [0.5, 0.6) is 0 Å². The van der Waals surface area contributed by atoms with Crippen molar-refractivity contribution in [1.82, 2.24) is 10.6 Å². The van der Waals surface area contributed by atoms with Crippen LogP contribution in [0.3, 0.4) is 0 Å². The van der Waals surface area contributed by atoms with Gasteiger partial charge in [-0.3, -0.25) is 4.79 Å². The first kappa shape index (κ1) is 34.7. The molecular formula is C26H42N2O5. The van der Waals surface area contributed by atoms with Gasteiger partial charge in [0.1, 0.15) is 12.6 Å². The second kappa shape index (κ2) is 25.4. The SMILES string of the molecule is CNC(C=O)Cc1ccccc1.CO.COC(C)(C)C.Cc1ccccc1.O=CCNC=O. The molecule has 0 aromatic heterocycles. The van der Waals surface area contributed by atoms with E-state index in [0.29, 0.717) is 12.7 Å². The molecule has 0 heterocycles. The Morgan fingerprint density at radius 3 is 1.64 bits per heavy atom. The number of aryl methyl sites for hydroxylation is 1. The van der Waals surface area contributed by atoms with Crippen LogP contribution in [0.4, 0.5) is 0 Å². The maximum absolute atomic E-state index is 10.5. The van der Waals surface area contributed by atoms with Gasteiger partial charge >= 0.3 is 0 Å². The summed E-state index contributed by atoms with van der Waals surface area (Å²) >= 11 is 0. The smallest absolute Gasteiger partial charge is 0.207 e. The van der Waals surface area contributed by atoms with Crippen molar-refractivity contribution in [1.29, 1.82) is 0 Å². The van der Waals surface area contributed by atoms with Gasteiger partial charge in [-0.25, -0.2) is 0 Å². The van der Waals surface area contributed by atoms with Crippen LogP contribution in [0.1, 0.15) is 31.9 Å². The second-order valence-corrected chi connectivity index (χ2v) is 7.38. The molecule has 0 fully saturated rings. The summed E-state index contributed by atoms with van der Waals surface area (Å²) in [6.07, 6.45) is 2.80. The highest BCUT2D eigenvalue weighted by molar-refractivity contribution is 5.58. The summed E-state index contributed by atoms with van der Waals surface area (Å²) < 4.78 is 4.94. The maximum Gasteiger partial charge on any atom is 0.207 e. The third-order valence-corrected chi connectivity index (χ3v) is 3.67. The van der Waals surface area contributed by atoms with E-state index >= 15 is 0 Å². The molecule has 2 aromatic carbocycles. The molecule has 0 bridgehead atoms. The number of hydrogen-bond acceptors (Lipinski definition) is 6. The molecule has 1 amide bonds. The number of carbonyl (C=O) groups is 3. The van der Waals surface area contributed by atoms with Crippen molar-refractivity contribution in [3.63, 3.8) is 0 Å². The van der Waals surface area contributed by atoms with Gasteiger partial charge in [-0.05, 0) is 46.7 Å². The minimum atomic E-state index is -0.0626. The molecule has 0 saturated heterocycles. The first-order chi connectivity index (χ1) is 15.7. The van der Waals surface area contributed by atoms with E-state index in [4.69, 9.17) is 9.84 Å². The molecule has 2 aromatic rings. The predicted molar refractivity (Wildman–Crippen MR) is 135 cm³/mol. The fraction of sp³-hybridized carbons (Fsp3) is 0.423. The molecule has 0 aliphatic carbocycles. The molecular weight excluding hydrogens is 420 g/mol. The van der Waals surface area contributed by atoms with E-state index in [1.807, 2.05) is 69.3 Å². The Hall–Kier alpha value is -2.87. The topological polar surface area (TPSA) is 105 Å². The van der Waals surface area contributed by atoms with Crippen molar-refractivity contribution in [3.8, 4) is 0 Å². The monoisotopic (exact) mass is 462 g/mol. The molecule has 1 unspecified atom stereocenters. The Bertz CT molecular complexity index is 666. The van der Waals surface area contributed by atoms with E-state index in [-0.39, 0.29) is 18.2 Å². The molecule has 7 heteroatoms. The fourth-order valence-corrected chi connectivity index (χ4v) is 1.72. The average molecular weight is 463 g/mol. The molecule has 186 valence electrons. The quantitative estimate of drug-likeness (QED) is 0.432. The minimum absolute atomic E-state index is 0.0417. The van der Waals surface area contributed by atoms with Crippen LogP contribution in [0.25, 0.3) is 0 Å². The van der Waals surface area contributed by atoms with E-state index in [0.717, 1.165) is 19.8 Å². The van der Waals surface area contributed by atoms with E-state index in [2.05, 4.69) is 29.7 Å². The highest BCUT2D eigenvalue weighted by atomic mass is 16.5. The Morgan fingerprint density at radius 1 is 0.939 bits per heavy atom. The van der Waals surface area contributed by atoms with E-state index in [1.54, 1.807) is 14.2 Å². The first-order valence-corrected chi connectivity index (χ1v) is 10.5. The number of carbonyl (C=O) groups excluding carboxylic acids is 3. The molecule has 3 N–H and O–H groups in total. The molecule has 0 radical (unpaired) electrons. The van der Waals surface area contributed by atoms with Gasteiger partial charge in [0.15, 0.2) is 0 Å². The van der Waals surface area contributed by atoms with E-state index in [1.165, 1.54) is 11.1 Å². The molecule has 0 spiro atoms. The Morgan fingerprint density at radius 2 is 1.39 bits per heavy atom. The summed E-state index contributed by atoms with van der Waals surface area (Å²) in [7, 11) is 4.50. The number of aldehydes is 2. The maximum atomic E-state index is 10.5. The number of benzene rings is 2. The summed E-state index contributed by atoms with van der Waals surface area (Å²) in [5.74, 6) is 0. The summed E-state index contributed by atoms with van der Waals surface area (Å²) in [4.78, 5) is 29.1. The number of likely N-dealkylation sites (N-methyl/N-ethyl adjacent to an activating group) is 1. The summed E-state index contributed by atoms with van der Waals surface area (Å²) in [6.45, 7) is 8.26. The van der Waals surface area contributed by atoms with Crippen molar-refractivity contribution in [2.45, 2.75) is 45.8 Å². The molecule has 7 nitrogen and oxygen atoms in total. The number of nitrogens with one attached hydrogen (secondary N) is 2. The highest BCUT2D eigenvalue weighted by Crippen LogP contribution is 2.02. The largest absolute Gasteiger partial charge is 0.400 e. The van der Waals surface area contributed by atoms with Gasteiger partial charge in [0, 0.05) is 14.2 Å². The predicted octanol–water partition coefficient (Wildman–Crippen LogP) is 2.98. The molecule has 0 saturated carbocycles. The summed E-state index contributed by atoms with van der Waals surface area (Å²) in [6, 6.07) is 20.2. The van der Waals surface area contributed by atoms with Gasteiger partial charge in [0.2, 0.25) is 6.41 Å². The van der Waals surface area contributed by atoms with Gasteiger partial charge in [-0.2, -0.15) is 0 Å². The lowest BCUT2D eigenvalue weighted by atomic mass is 10.1. The lowest BCUT2D eigenvalue weighted by Gasteiger charge is -2.14. The third kappa shape index (κ3) is 29.1. The van der Waals surface area contributed by atoms with Crippen LogP contribution in [0.15, 0.2) is 60.7 Å². The van der Waals surface area contributed by atoms with Crippen LogP contribution in [0, 0.1) is 6.92 Å². The number of aliphatic hydroxyl groups excluding tert-OH is 1. The Balaban J connectivity index is -0.000000373. The summed E-state index contributed by atoms with van der Waals surface area (Å²) in [5, 5.41) is 12.1. The zero-order valence-electron chi connectivity index (χ0n) is 21.1. The van der Waals surface area contributed by atoms with Gasteiger partial charge in [-0.1, -0.05) is 66.2 Å². The normalized spacial score (nSPS) is 9.94. The molecule has 1 atom stereocenters. The average Bonchev–Trinajstić information content (AvgIpc) is 2.84. The number of amides is 1. The van der Waals surface area contributed by atoms with Crippen LogP contribution in [-0.2, 0) is 25.5 Å². The van der Waals surface area contributed by atoms with Gasteiger partial charge in [-0.15, -0.1) is 0 Å². The zero-order valence-corrected chi connectivity index (χ0v) is 21.1. The van der Waals surface area contributed by atoms with Gasteiger partial charge in [0.25, 0.3) is 0 Å². The standard InChI is InChI=1S/C10H13NO.C7H8.C5H12O.C3H5NO2.CH4O/c1-11-10(8-12)7-9-5-3-2-4-6-9;1-7-5-3-2-4-6-7;1-5(2,3)6-4;5-2-1-4-3-6;1-2/h2-6,8,10-11H,7H2,1H3;2-6H,1H3;1-4H3;2-3H,1H2,(H,4,6);2H,1H3. The molecule has 0 aliphatic rings. The second-order valence-electron chi connectivity index (χ2n) is 7.38. The summed E-state index contributed by atoms with van der Waals surface area (Å²) in [5.41, 5.74) is 2.55. The fourth-order valence-electron chi connectivity index (χ4n) is 1.72. The van der Waals surface area contributed by atoms with Crippen molar-refractivity contribution < 1.29 is 24.2 Å². The van der Waals surface area contributed by atoms with Gasteiger partial charge in [0.05, 0.1) is 18.2 Å². The molecule has 2 rings (SSSR count). The number of aliphatic hydroxyl groups is 1. The molecule has 33 heavy (non-hydrogen) atoms. The Labute approximate surface area is 199 Å². The van der Waals surface area contributed by atoms with Crippen molar-refractivity contribution >= 4 is 19.0 Å². The lowest BCUT2D eigenvalue weighted by Crippen LogP contribution is -2.28. The van der Waals surface area contributed by atoms with Crippen LogP contribution < -0.4 is 10.6 Å². The van der Waals surface area contributed by atoms with Crippen molar-refractivity contribution in [2.24, 2.45) is 0 Å². The first-order valence-electron chi connectivity index (χ1n) is 10.5. The minimum Gasteiger partial charge on any atom is -0.400 e. The lowest BCUT2D eigenvalue weighted by molar-refractivity contribution is -0.113. The van der Waals surface area contributed by atoms with E-state index < -0.39 is 0 Å². The number of hydrogen-bond donors (Lipinski definition) is 3. The van der Waals surface area contributed by atoms with E-state index in [9.17, 15) is 14.4 Å². The van der Waals surface area contributed by atoms with Gasteiger partial charge < -0.3 is 30.1 Å². The third-order valence-electron chi connectivity index (χ3n) is 3.67.